The van der Waals surface area contributed by atoms with Crippen molar-refractivity contribution in [3.05, 3.63) is 16.8 Å². The summed E-state index contributed by atoms with van der Waals surface area (Å²) >= 11 is 0. The van der Waals surface area contributed by atoms with E-state index in [1.807, 2.05) is 6.92 Å². The quantitative estimate of drug-likeness (QED) is 0.892. The molecule has 0 spiro atoms. The van der Waals surface area contributed by atoms with Gasteiger partial charge in [0.1, 0.15) is 11.6 Å². The van der Waals surface area contributed by atoms with Crippen molar-refractivity contribution in [3.63, 3.8) is 0 Å². The van der Waals surface area contributed by atoms with Crippen LogP contribution in [0.4, 0.5) is 5.82 Å². The molecule has 2 heterocycles. The minimum absolute atomic E-state index is 0.232. The maximum absolute atomic E-state index is 9.45. The summed E-state index contributed by atoms with van der Waals surface area (Å²) in [6.45, 7) is 7.80. The van der Waals surface area contributed by atoms with Gasteiger partial charge >= 0.3 is 0 Å². The van der Waals surface area contributed by atoms with E-state index in [0.29, 0.717) is 17.3 Å². The topological polar surface area (TPSA) is 70.8 Å². The third-order valence-corrected chi connectivity index (χ3v) is 3.99. The lowest BCUT2D eigenvalue weighted by Crippen LogP contribution is -2.27. The number of nitrogens with zero attached hydrogens (tertiary/aromatic N) is 3. The van der Waals surface area contributed by atoms with Crippen molar-refractivity contribution in [1.82, 2.24) is 10.2 Å². The van der Waals surface area contributed by atoms with Crippen LogP contribution in [0.5, 0.6) is 0 Å². The first-order chi connectivity index (χ1) is 9.71. The van der Waals surface area contributed by atoms with Gasteiger partial charge in [0.05, 0.1) is 12.3 Å². The Morgan fingerprint density at radius 2 is 2.20 bits per heavy atom. The number of nitriles is 1. The summed E-state index contributed by atoms with van der Waals surface area (Å²) in [6, 6.07) is 2.52. The second-order valence-corrected chi connectivity index (χ2v) is 5.22. The minimum Gasteiger partial charge on any atom is -0.381 e. The Morgan fingerprint density at radius 1 is 1.40 bits per heavy atom. The zero-order chi connectivity index (χ0) is 14.5. The summed E-state index contributed by atoms with van der Waals surface area (Å²) < 4.78 is 5.41. The number of hydrogen-bond acceptors (Lipinski definition) is 5. The highest BCUT2D eigenvalue weighted by molar-refractivity contribution is 5.56. The van der Waals surface area contributed by atoms with Crippen LogP contribution in [0.25, 0.3) is 0 Å². The number of aryl methyl sites for hydroxylation is 1. The first-order valence-electron chi connectivity index (χ1n) is 7.34. The number of hydrogen-bond donors (Lipinski definition) is 1. The fourth-order valence-electron chi connectivity index (χ4n) is 2.67. The monoisotopic (exact) mass is 274 g/mol. The fourth-order valence-corrected chi connectivity index (χ4v) is 2.67. The number of anilines is 1. The Kier molecular flexibility index (Phi) is 4.91. The summed E-state index contributed by atoms with van der Waals surface area (Å²) in [7, 11) is 0. The third-order valence-electron chi connectivity index (χ3n) is 3.99. The Labute approximate surface area is 120 Å². The maximum atomic E-state index is 9.45. The van der Waals surface area contributed by atoms with E-state index in [0.717, 1.165) is 43.7 Å². The number of aromatic nitrogens is 2. The molecule has 0 bridgehead atoms. The lowest BCUT2D eigenvalue weighted by Gasteiger charge is -2.21. The average Bonchev–Trinajstić information content (AvgIpc) is 3.00. The highest BCUT2D eigenvalue weighted by atomic mass is 16.5. The third kappa shape index (κ3) is 2.91. The van der Waals surface area contributed by atoms with Gasteiger partial charge in [0, 0.05) is 18.6 Å². The SMILES string of the molecule is CCc1nnc(NC(C)C2CCOC2)c(C#N)c1CC. The molecule has 0 aromatic carbocycles. The zero-order valence-corrected chi connectivity index (χ0v) is 12.4. The van der Waals surface area contributed by atoms with Crippen molar-refractivity contribution in [3.8, 4) is 6.07 Å². The molecular formula is C15H22N4O. The molecule has 1 saturated heterocycles. The van der Waals surface area contributed by atoms with Crippen molar-refractivity contribution in [2.45, 2.75) is 46.1 Å². The lowest BCUT2D eigenvalue weighted by atomic mass is 9.99. The molecule has 5 nitrogen and oxygen atoms in total. The maximum Gasteiger partial charge on any atom is 0.167 e. The first kappa shape index (κ1) is 14.7. The predicted molar refractivity (Wildman–Crippen MR) is 77.5 cm³/mol. The van der Waals surface area contributed by atoms with Crippen LogP contribution < -0.4 is 5.32 Å². The number of nitrogens with one attached hydrogen (secondary N) is 1. The number of rotatable bonds is 5. The molecule has 0 aliphatic carbocycles. The van der Waals surface area contributed by atoms with Gasteiger partial charge in [0.15, 0.2) is 5.82 Å². The molecule has 2 atom stereocenters. The van der Waals surface area contributed by atoms with Gasteiger partial charge in [-0.3, -0.25) is 0 Å². The average molecular weight is 274 g/mol. The van der Waals surface area contributed by atoms with E-state index < -0.39 is 0 Å². The van der Waals surface area contributed by atoms with Gasteiger partial charge in [-0.15, -0.1) is 5.10 Å². The minimum atomic E-state index is 0.232. The summed E-state index contributed by atoms with van der Waals surface area (Å²) in [5, 5.41) is 21.3. The van der Waals surface area contributed by atoms with Crippen molar-refractivity contribution in [2.75, 3.05) is 18.5 Å². The number of ether oxygens (including phenoxy) is 1. The van der Waals surface area contributed by atoms with Crippen molar-refractivity contribution < 1.29 is 4.74 Å². The predicted octanol–water partition coefficient (Wildman–Crippen LogP) is 2.31. The van der Waals surface area contributed by atoms with E-state index in [4.69, 9.17) is 4.74 Å². The molecule has 0 saturated carbocycles. The Balaban J connectivity index is 2.25. The second-order valence-electron chi connectivity index (χ2n) is 5.22. The van der Waals surface area contributed by atoms with Crippen LogP contribution in [-0.4, -0.2) is 29.5 Å². The Morgan fingerprint density at radius 3 is 2.75 bits per heavy atom. The Bertz CT molecular complexity index is 503. The molecule has 2 unspecified atom stereocenters. The molecule has 0 amide bonds. The molecule has 1 aromatic heterocycles. The largest absolute Gasteiger partial charge is 0.381 e. The highest BCUT2D eigenvalue weighted by Gasteiger charge is 2.24. The summed E-state index contributed by atoms with van der Waals surface area (Å²) in [5.74, 6) is 1.08. The lowest BCUT2D eigenvalue weighted by molar-refractivity contribution is 0.183. The van der Waals surface area contributed by atoms with E-state index in [-0.39, 0.29) is 6.04 Å². The van der Waals surface area contributed by atoms with Crippen molar-refractivity contribution in [1.29, 1.82) is 5.26 Å². The molecule has 1 aromatic rings. The van der Waals surface area contributed by atoms with Crippen LogP contribution in [-0.2, 0) is 17.6 Å². The van der Waals surface area contributed by atoms with E-state index >= 15 is 0 Å². The molecule has 20 heavy (non-hydrogen) atoms. The van der Waals surface area contributed by atoms with Crippen LogP contribution in [0.3, 0.4) is 0 Å². The second kappa shape index (κ2) is 6.67. The molecule has 1 aliphatic rings. The molecular weight excluding hydrogens is 252 g/mol. The zero-order valence-electron chi connectivity index (χ0n) is 12.4. The standard InChI is InChI=1S/C15H22N4O/c1-4-12-13(8-16)15(19-18-14(12)5-2)17-10(3)11-6-7-20-9-11/h10-11H,4-7,9H2,1-3H3,(H,17,19). The Hall–Kier alpha value is -1.67. The fraction of sp³-hybridized carbons (Fsp3) is 0.667. The van der Waals surface area contributed by atoms with Gasteiger partial charge in [0.2, 0.25) is 0 Å². The van der Waals surface area contributed by atoms with Crippen molar-refractivity contribution in [2.24, 2.45) is 5.92 Å². The molecule has 108 valence electrons. The molecule has 1 fully saturated rings. The molecule has 5 heteroatoms. The van der Waals surface area contributed by atoms with Gasteiger partial charge in [-0.25, -0.2) is 0 Å². The summed E-state index contributed by atoms with van der Waals surface area (Å²) in [5.41, 5.74) is 2.58. The van der Waals surface area contributed by atoms with Crippen LogP contribution in [0.2, 0.25) is 0 Å². The van der Waals surface area contributed by atoms with Crippen LogP contribution in [0.15, 0.2) is 0 Å². The summed E-state index contributed by atoms with van der Waals surface area (Å²) in [6.07, 6.45) is 2.66. The van der Waals surface area contributed by atoms with Gasteiger partial charge in [-0.2, -0.15) is 10.4 Å². The van der Waals surface area contributed by atoms with Gasteiger partial charge < -0.3 is 10.1 Å². The highest BCUT2D eigenvalue weighted by Crippen LogP contribution is 2.24. The molecule has 0 radical (unpaired) electrons. The van der Waals surface area contributed by atoms with Gasteiger partial charge in [-0.05, 0) is 31.7 Å². The van der Waals surface area contributed by atoms with E-state index in [9.17, 15) is 5.26 Å². The molecule has 1 N–H and O–H groups in total. The van der Waals surface area contributed by atoms with E-state index in [1.165, 1.54) is 0 Å². The molecule has 1 aliphatic heterocycles. The smallest absolute Gasteiger partial charge is 0.167 e. The molecule has 2 rings (SSSR count). The van der Waals surface area contributed by atoms with Crippen LogP contribution in [0, 0.1) is 17.2 Å². The van der Waals surface area contributed by atoms with E-state index in [1.54, 1.807) is 0 Å². The van der Waals surface area contributed by atoms with Gasteiger partial charge in [-0.1, -0.05) is 13.8 Å². The van der Waals surface area contributed by atoms with Gasteiger partial charge in [0.25, 0.3) is 0 Å². The van der Waals surface area contributed by atoms with Crippen LogP contribution >= 0.6 is 0 Å². The summed E-state index contributed by atoms with van der Waals surface area (Å²) in [4.78, 5) is 0. The first-order valence-corrected chi connectivity index (χ1v) is 7.34. The normalized spacial score (nSPS) is 19.6. The van der Waals surface area contributed by atoms with E-state index in [2.05, 4.69) is 35.4 Å². The van der Waals surface area contributed by atoms with Crippen molar-refractivity contribution >= 4 is 5.82 Å². The van der Waals surface area contributed by atoms with Crippen LogP contribution in [0.1, 0.15) is 44.0 Å².